The van der Waals surface area contributed by atoms with Gasteiger partial charge >= 0.3 is 0 Å². The maximum Gasteiger partial charge on any atom is 0.253 e. The third kappa shape index (κ3) is 11.5. The molecule has 2 saturated heterocycles. The molecule has 0 spiro atoms. The number of aromatic nitrogens is 2. The molecule has 3 aliphatic rings. The van der Waals surface area contributed by atoms with Gasteiger partial charge in [-0.05, 0) is 54.7 Å². The van der Waals surface area contributed by atoms with Gasteiger partial charge in [-0.25, -0.2) is 9.97 Å². The summed E-state index contributed by atoms with van der Waals surface area (Å²) in [6, 6.07) is 16.1. The van der Waals surface area contributed by atoms with Gasteiger partial charge in [-0.1, -0.05) is 84.3 Å². The molecule has 2 aliphatic heterocycles. The first-order valence-corrected chi connectivity index (χ1v) is 24.6. The molecule has 0 unspecified atom stereocenters. The van der Waals surface area contributed by atoms with Crippen LogP contribution in [0.15, 0.2) is 66.3 Å². The van der Waals surface area contributed by atoms with Gasteiger partial charge in [0.1, 0.15) is 42.4 Å². The van der Waals surface area contributed by atoms with Crippen molar-refractivity contribution >= 4 is 52.4 Å². The number of aliphatic hydroxyl groups excluding tert-OH is 1. The molecule has 5 N–H and O–H groups in total. The lowest BCUT2D eigenvalue weighted by Crippen LogP contribution is -2.74. The van der Waals surface area contributed by atoms with Crippen molar-refractivity contribution in [2.75, 3.05) is 44.6 Å². The van der Waals surface area contributed by atoms with E-state index in [0.29, 0.717) is 53.9 Å². The first-order chi connectivity index (χ1) is 32.6. The molecular weight excluding hydrogens is 918 g/mol. The fourth-order valence-corrected chi connectivity index (χ4v) is 11.0. The van der Waals surface area contributed by atoms with E-state index in [1.54, 1.807) is 47.9 Å². The van der Waals surface area contributed by atoms with E-state index in [0.717, 1.165) is 21.7 Å². The summed E-state index contributed by atoms with van der Waals surface area (Å²) < 4.78 is 12.3. The Morgan fingerprint density at radius 1 is 1.00 bits per heavy atom. The Balaban J connectivity index is 0.817. The van der Waals surface area contributed by atoms with Gasteiger partial charge < -0.3 is 40.7 Å². The van der Waals surface area contributed by atoms with E-state index in [1.165, 1.54) is 4.90 Å². The molecule has 18 heteroatoms. The Labute approximate surface area is 413 Å². The van der Waals surface area contributed by atoms with E-state index in [2.05, 4.69) is 69.9 Å². The molecule has 4 heterocycles. The lowest BCUT2D eigenvalue weighted by Gasteiger charge is -2.63. The van der Waals surface area contributed by atoms with Crippen LogP contribution < -0.4 is 26.0 Å². The summed E-state index contributed by atoms with van der Waals surface area (Å²) in [5, 5.41) is 32.6. The van der Waals surface area contributed by atoms with Gasteiger partial charge in [-0.3, -0.25) is 24.1 Å². The second kappa shape index (κ2) is 20.8. The minimum atomic E-state index is -0.965. The van der Waals surface area contributed by atoms with E-state index >= 15 is 0 Å². The van der Waals surface area contributed by atoms with Crippen molar-refractivity contribution in [3.05, 3.63) is 93.7 Å². The molecule has 368 valence electrons. The van der Waals surface area contributed by atoms with Crippen molar-refractivity contribution in [1.29, 1.82) is 5.26 Å². The lowest BCUT2D eigenvalue weighted by molar-refractivity contribution is -0.164. The number of benzene rings is 2. The number of hydrogen-bond acceptors (Lipinski definition) is 13. The molecule has 0 bridgehead atoms. The highest BCUT2D eigenvalue weighted by Gasteiger charge is 2.64. The van der Waals surface area contributed by atoms with Crippen LogP contribution in [0.5, 0.6) is 5.75 Å². The molecule has 0 radical (unpaired) electrons. The third-order valence-corrected chi connectivity index (χ3v) is 14.9. The number of hydrogen-bond donors (Lipinski definition) is 5. The molecule has 2 aromatic carbocycles. The number of β-amino-alcohol motifs (C(OH)–C–C–N with tert-alkyl or cyclic N) is 1. The number of likely N-dealkylation sites (tertiary alicyclic amines) is 2. The summed E-state index contributed by atoms with van der Waals surface area (Å²) in [5.74, 6) is -0.279. The monoisotopic (exact) mass is 981 g/mol. The number of anilines is 1. The maximum atomic E-state index is 14.1. The number of rotatable bonds is 17. The zero-order valence-corrected chi connectivity index (χ0v) is 42.3. The van der Waals surface area contributed by atoms with Crippen LogP contribution in [0.3, 0.4) is 0 Å². The number of carbonyl (C=O) groups excluding carboxylic acids is 4. The number of nitrogens with one attached hydrogen (secondary N) is 4. The molecule has 1 saturated carbocycles. The molecule has 2 aromatic heterocycles. The van der Waals surface area contributed by atoms with Crippen LogP contribution in [-0.4, -0.2) is 124 Å². The van der Waals surface area contributed by atoms with E-state index in [1.807, 2.05) is 64.4 Å². The first-order valence-electron chi connectivity index (χ1n) is 23.4. The molecule has 4 atom stereocenters. The number of aryl methyl sites for hydroxylation is 1. The molecule has 16 nitrogen and oxygen atoms in total. The highest BCUT2D eigenvalue weighted by atomic mass is 35.5. The third-order valence-electron chi connectivity index (χ3n) is 13.6. The van der Waals surface area contributed by atoms with Gasteiger partial charge in [0.05, 0.1) is 50.5 Å². The lowest BCUT2D eigenvalue weighted by atomic mass is 9.49. The Morgan fingerprint density at radius 3 is 2.32 bits per heavy atom. The van der Waals surface area contributed by atoms with E-state index in [4.69, 9.17) is 21.1 Å². The van der Waals surface area contributed by atoms with E-state index in [-0.39, 0.29) is 55.7 Å². The van der Waals surface area contributed by atoms with Crippen LogP contribution in [0, 0.1) is 34.5 Å². The van der Waals surface area contributed by atoms with Crippen LogP contribution in [-0.2, 0) is 19.1 Å². The minimum Gasteiger partial charge on any atom is -0.489 e. The van der Waals surface area contributed by atoms with E-state index < -0.39 is 46.2 Å². The molecule has 4 aromatic rings. The van der Waals surface area contributed by atoms with Crippen LogP contribution in [0.4, 0.5) is 5.82 Å². The van der Waals surface area contributed by atoms with Crippen molar-refractivity contribution in [3.8, 4) is 22.3 Å². The SMILES string of the molecule is Cc1ncsc1-c1ccc([C@H](C)NC(=O)[C@@H]2C[C@@H](O)CN2C(=O)[C@@H](NC(=O)COC2CN(CCNc3ccc(C(=O)N[C@H]4C(C)(C)[C@H](Oc5ccc(C#N)c(Cl)c5)C4(C)C)cn3)C2)C(C)(C)C)cc1. The van der Waals surface area contributed by atoms with Crippen molar-refractivity contribution in [2.45, 2.75) is 111 Å². The van der Waals surface area contributed by atoms with Crippen molar-refractivity contribution in [1.82, 2.24) is 35.7 Å². The van der Waals surface area contributed by atoms with Crippen LogP contribution >= 0.6 is 22.9 Å². The maximum absolute atomic E-state index is 14.1. The van der Waals surface area contributed by atoms with Gasteiger partial charge in [-0.15, -0.1) is 11.3 Å². The number of pyridine rings is 1. The van der Waals surface area contributed by atoms with Crippen molar-refractivity contribution in [3.63, 3.8) is 0 Å². The number of halogens is 1. The van der Waals surface area contributed by atoms with Crippen molar-refractivity contribution < 1.29 is 33.8 Å². The number of nitriles is 1. The average molecular weight is 983 g/mol. The Bertz CT molecular complexity index is 2530. The number of amides is 4. The number of nitrogens with zero attached hydrogens (tertiary/aromatic N) is 5. The smallest absolute Gasteiger partial charge is 0.253 e. The topological polar surface area (TPSA) is 211 Å². The Morgan fingerprint density at radius 2 is 1.71 bits per heavy atom. The summed E-state index contributed by atoms with van der Waals surface area (Å²) in [5.41, 5.74) is 4.03. The largest absolute Gasteiger partial charge is 0.489 e. The quantitative estimate of drug-likeness (QED) is 0.0809. The highest BCUT2D eigenvalue weighted by molar-refractivity contribution is 7.13. The average Bonchev–Trinajstić information content (AvgIpc) is 3.91. The predicted octanol–water partition coefficient (Wildman–Crippen LogP) is 6.13. The van der Waals surface area contributed by atoms with Gasteiger partial charge in [0.15, 0.2) is 0 Å². The van der Waals surface area contributed by atoms with Crippen LogP contribution in [0.1, 0.15) is 95.0 Å². The first kappa shape index (κ1) is 51.2. The summed E-state index contributed by atoms with van der Waals surface area (Å²) in [7, 11) is 0. The molecule has 7 rings (SSSR count). The normalized spacial score (nSPS) is 21.7. The molecule has 4 amide bonds. The Hall–Kier alpha value is -5.64. The summed E-state index contributed by atoms with van der Waals surface area (Å²) in [6.45, 7) is 19.9. The summed E-state index contributed by atoms with van der Waals surface area (Å²) in [6.07, 6.45) is 0.382. The van der Waals surface area contributed by atoms with Crippen LogP contribution in [0.25, 0.3) is 10.4 Å². The van der Waals surface area contributed by atoms with Gasteiger partial charge in [0, 0.05) is 68.3 Å². The van der Waals surface area contributed by atoms with Crippen LogP contribution in [0.2, 0.25) is 5.02 Å². The second-order valence-corrected chi connectivity index (χ2v) is 22.0. The van der Waals surface area contributed by atoms with E-state index in [9.17, 15) is 29.5 Å². The summed E-state index contributed by atoms with van der Waals surface area (Å²) >= 11 is 7.81. The number of aliphatic hydroxyl groups is 1. The fraction of sp³-hybridized carbons (Fsp3) is 0.510. The minimum absolute atomic E-state index is 0.0195. The molecule has 1 aliphatic carbocycles. The zero-order valence-electron chi connectivity index (χ0n) is 40.8. The second-order valence-electron chi connectivity index (χ2n) is 20.7. The fourth-order valence-electron chi connectivity index (χ4n) is 10.0. The number of carbonyl (C=O) groups is 4. The molecule has 3 fully saturated rings. The number of ether oxygens (including phenoxy) is 2. The summed E-state index contributed by atoms with van der Waals surface area (Å²) in [4.78, 5) is 67.9. The predicted molar refractivity (Wildman–Crippen MR) is 265 cm³/mol. The Kier molecular flexibility index (Phi) is 15.4. The van der Waals surface area contributed by atoms with Gasteiger partial charge in [0.25, 0.3) is 5.91 Å². The van der Waals surface area contributed by atoms with Crippen molar-refractivity contribution in [2.24, 2.45) is 16.2 Å². The highest BCUT2D eigenvalue weighted by Crippen LogP contribution is 2.55. The molecular formula is C51H64ClN9O7S. The van der Waals surface area contributed by atoms with Gasteiger partial charge in [0.2, 0.25) is 17.7 Å². The standard InChI is InChI=1S/C51H64ClN9O7S/c1-29(31-10-12-32(13-11-31)42-30(2)56-28-69-42)57-45(65)39-20-35(62)24-61(39)46(66)43(49(3,4)5)58-41(63)27-67-37-25-60(26-37)19-18-54-40-17-15-34(23-55-40)44(64)59-47-50(6,7)48(51(47,8)9)68-36-16-14-33(22-53)38(52)21-36/h10-17,21,23,28-29,35,37,39,43,47-48,62H,18-20,24-27H2,1-9H3,(H,54,55)(H,57,65)(H,58,63)(H,59,64)/t29-,35+,39-,43+,47-,48-/m0/s1. The molecule has 69 heavy (non-hydrogen) atoms. The van der Waals surface area contributed by atoms with Gasteiger partial charge in [-0.2, -0.15) is 5.26 Å². The number of thiazole rings is 1. The zero-order chi connectivity index (χ0) is 50.0.